The monoisotopic (exact) mass is 224 g/mol. The van der Waals surface area contributed by atoms with Crippen molar-refractivity contribution in [2.24, 2.45) is 5.41 Å². The fourth-order valence-electron chi connectivity index (χ4n) is 2.10. The minimum atomic E-state index is -0.773. The molecule has 0 bridgehead atoms. The molecule has 1 rings (SSSR count). The van der Waals surface area contributed by atoms with Gasteiger partial charge in [0.25, 0.3) is 0 Å². The first-order valence-corrected chi connectivity index (χ1v) is 6.02. The van der Waals surface area contributed by atoms with E-state index in [4.69, 9.17) is 4.74 Å². The summed E-state index contributed by atoms with van der Waals surface area (Å²) in [6.07, 6.45) is 4.49. The van der Waals surface area contributed by atoms with E-state index in [0.717, 1.165) is 19.3 Å². The van der Waals surface area contributed by atoms with Gasteiger partial charge in [-0.15, -0.1) is 0 Å². The largest absolute Gasteiger partial charge is 0.380 e. The van der Waals surface area contributed by atoms with E-state index in [1.54, 1.807) is 0 Å². The Bertz CT molecular complexity index is 265. The molecular weight excluding hydrogens is 204 g/mol. The second-order valence-corrected chi connectivity index (χ2v) is 4.21. The van der Waals surface area contributed by atoms with Crippen LogP contribution in [0.25, 0.3) is 0 Å². The van der Waals surface area contributed by atoms with Crippen LogP contribution in [0.1, 0.15) is 39.0 Å². The third-order valence-electron chi connectivity index (χ3n) is 3.09. The predicted octanol–water partition coefficient (Wildman–Crippen LogP) is 1.61. The molecule has 1 aliphatic carbocycles. The molecule has 1 fully saturated rings. The van der Waals surface area contributed by atoms with Crippen LogP contribution in [0.3, 0.4) is 0 Å². The average Bonchev–Trinajstić information content (AvgIpc) is 2.35. The van der Waals surface area contributed by atoms with E-state index in [-0.39, 0.29) is 5.91 Å². The molecule has 16 heavy (non-hydrogen) atoms. The zero-order valence-corrected chi connectivity index (χ0v) is 9.92. The first-order valence-electron chi connectivity index (χ1n) is 6.02. The highest BCUT2D eigenvalue weighted by atomic mass is 16.5. The normalized spacial score (nSPS) is 18.8. The van der Waals surface area contributed by atoms with Gasteiger partial charge in [0.2, 0.25) is 5.91 Å². The van der Waals surface area contributed by atoms with Gasteiger partial charge in [-0.3, -0.25) is 4.79 Å². The fourth-order valence-corrected chi connectivity index (χ4v) is 2.10. The van der Waals surface area contributed by atoms with Crippen LogP contribution < -0.4 is 5.32 Å². The molecule has 0 aromatic heterocycles. The standard InChI is InChI=1S/C12H20N2O2/c1-2-16-9-8-14-11(15)12(10-13)6-4-3-5-7-12/h2-9H2,1H3,(H,14,15). The number of amides is 1. The summed E-state index contributed by atoms with van der Waals surface area (Å²) < 4.78 is 5.14. The van der Waals surface area contributed by atoms with Gasteiger partial charge in [-0.25, -0.2) is 0 Å². The number of rotatable bonds is 5. The Kier molecular flexibility index (Phi) is 5.27. The molecule has 1 saturated carbocycles. The van der Waals surface area contributed by atoms with Gasteiger partial charge in [0.05, 0.1) is 12.7 Å². The van der Waals surface area contributed by atoms with Crippen molar-refractivity contribution < 1.29 is 9.53 Å². The van der Waals surface area contributed by atoms with Gasteiger partial charge in [-0.2, -0.15) is 5.26 Å². The molecular formula is C12H20N2O2. The van der Waals surface area contributed by atoms with Gasteiger partial charge in [-0.05, 0) is 19.8 Å². The van der Waals surface area contributed by atoms with Crippen LogP contribution in [-0.4, -0.2) is 25.7 Å². The first-order chi connectivity index (χ1) is 7.75. The molecule has 4 heteroatoms. The number of nitrogens with zero attached hydrogens (tertiary/aromatic N) is 1. The average molecular weight is 224 g/mol. The second kappa shape index (κ2) is 6.49. The van der Waals surface area contributed by atoms with Gasteiger partial charge in [0.15, 0.2) is 0 Å². The Labute approximate surface area is 97.0 Å². The molecule has 1 N–H and O–H groups in total. The Morgan fingerprint density at radius 2 is 2.12 bits per heavy atom. The molecule has 0 aromatic carbocycles. The van der Waals surface area contributed by atoms with E-state index < -0.39 is 5.41 Å². The Morgan fingerprint density at radius 3 is 2.69 bits per heavy atom. The topological polar surface area (TPSA) is 62.1 Å². The lowest BCUT2D eigenvalue weighted by Crippen LogP contribution is -2.42. The predicted molar refractivity (Wildman–Crippen MR) is 60.6 cm³/mol. The highest BCUT2D eigenvalue weighted by molar-refractivity contribution is 5.85. The SMILES string of the molecule is CCOCCNC(=O)C1(C#N)CCCCC1. The zero-order valence-electron chi connectivity index (χ0n) is 9.92. The molecule has 90 valence electrons. The lowest BCUT2D eigenvalue weighted by molar-refractivity contribution is -0.129. The number of carbonyl (C=O) groups is 1. The van der Waals surface area contributed by atoms with Crippen LogP contribution in [0.15, 0.2) is 0 Å². The summed E-state index contributed by atoms with van der Waals surface area (Å²) in [5, 5.41) is 12.0. The van der Waals surface area contributed by atoms with Crippen molar-refractivity contribution in [3.05, 3.63) is 0 Å². The van der Waals surface area contributed by atoms with E-state index in [1.165, 1.54) is 0 Å². The summed E-state index contributed by atoms with van der Waals surface area (Å²) in [5.74, 6) is -0.116. The van der Waals surface area contributed by atoms with Crippen molar-refractivity contribution >= 4 is 5.91 Å². The first kappa shape index (κ1) is 13.0. The van der Waals surface area contributed by atoms with Gasteiger partial charge < -0.3 is 10.1 Å². The Morgan fingerprint density at radius 1 is 1.44 bits per heavy atom. The molecule has 0 radical (unpaired) electrons. The van der Waals surface area contributed by atoms with Crippen LogP contribution in [0.2, 0.25) is 0 Å². The van der Waals surface area contributed by atoms with Crippen molar-refractivity contribution in [2.75, 3.05) is 19.8 Å². The molecule has 0 saturated heterocycles. The van der Waals surface area contributed by atoms with Crippen LogP contribution in [0, 0.1) is 16.7 Å². The number of carbonyl (C=O) groups excluding carboxylic acids is 1. The van der Waals surface area contributed by atoms with Gasteiger partial charge >= 0.3 is 0 Å². The summed E-state index contributed by atoms with van der Waals surface area (Å²) in [6.45, 7) is 3.58. The zero-order chi connectivity index (χ0) is 11.9. The van der Waals surface area contributed by atoms with Crippen LogP contribution in [0.5, 0.6) is 0 Å². The maximum atomic E-state index is 11.9. The lowest BCUT2D eigenvalue weighted by atomic mass is 9.74. The molecule has 0 atom stereocenters. The fraction of sp³-hybridized carbons (Fsp3) is 0.833. The summed E-state index contributed by atoms with van der Waals surface area (Å²) >= 11 is 0. The smallest absolute Gasteiger partial charge is 0.240 e. The minimum absolute atomic E-state index is 0.116. The quantitative estimate of drug-likeness (QED) is 0.722. The van der Waals surface area contributed by atoms with Crippen molar-refractivity contribution in [2.45, 2.75) is 39.0 Å². The highest BCUT2D eigenvalue weighted by Gasteiger charge is 2.39. The lowest BCUT2D eigenvalue weighted by Gasteiger charge is -2.29. The molecule has 1 amide bonds. The molecule has 0 aliphatic heterocycles. The van der Waals surface area contributed by atoms with Crippen LogP contribution >= 0.6 is 0 Å². The van der Waals surface area contributed by atoms with Gasteiger partial charge in [0, 0.05) is 13.2 Å². The van der Waals surface area contributed by atoms with E-state index in [1.807, 2.05) is 6.92 Å². The summed E-state index contributed by atoms with van der Waals surface area (Å²) in [5.41, 5.74) is -0.773. The van der Waals surface area contributed by atoms with Gasteiger partial charge in [0.1, 0.15) is 5.41 Å². The highest BCUT2D eigenvalue weighted by Crippen LogP contribution is 2.35. The van der Waals surface area contributed by atoms with E-state index in [0.29, 0.717) is 32.6 Å². The number of nitriles is 1. The summed E-state index contributed by atoms with van der Waals surface area (Å²) in [7, 11) is 0. The summed E-state index contributed by atoms with van der Waals surface area (Å²) in [6, 6.07) is 2.21. The Balaban J connectivity index is 2.40. The molecule has 0 spiro atoms. The van der Waals surface area contributed by atoms with Crippen molar-refractivity contribution in [1.29, 1.82) is 5.26 Å². The molecule has 4 nitrogen and oxygen atoms in total. The van der Waals surface area contributed by atoms with Crippen molar-refractivity contribution in [1.82, 2.24) is 5.32 Å². The maximum absolute atomic E-state index is 11.9. The molecule has 0 heterocycles. The van der Waals surface area contributed by atoms with E-state index >= 15 is 0 Å². The van der Waals surface area contributed by atoms with Crippen molar-refractivity contribution in [3.63, 3.8) is 0 Å². The van der Waals surface area contributed by atoms with Crippen LogP contribution in [-0.2, 0) is 9.53 Å². The summed E-state index contributed by atoms with van der Waals surface area (Å²) in [4.78, 5) is 11.9. The number of nitrogens with one attached hydrogen (secondary N) is 1. The van der Waals surface area contributed by atoms with Gasteiger partial charge in [-0.1, -0.05) is 19.3 Å². The number of hydrogen-bond donors (Lipinski definition) is 1. The van der Waals surface area contributed by atoms with E-state index in [9.17, 15) is 10.1 Å². The third kappa shape index (κ3) is 3.21. The van der Waals surface area contributed by atoms with E-state index in [2.05, 4.69) is 11.4 Å². The molecule has 0 aromatic rings. The second-order valence-electron chi connectivity index (χ2n) is 4.21. The third-order valence-corrected chi connectivity index (χ3v) is 3.09. The number of ether oxygens (including phenoxy) is 1. The Hall–Kier alpha value is -1.08. The minimum Gasteiger partial charge on any atom is -0.380 e. The van der Waals surface area contributed by atoms with Crippen LogP contribution in [0.4, 0.5) is 0 Å². The maximum Gasteiger partial charge on any atom is 0.240 e. The number of hydrogen-bond acceptors (Lipinski definition) is 3. The molecule has 1 aliphatic rings. The van der Waals surface area contributed by atoms with Crippen molar-refractivity contribution in [3.8, 4) is 6.07 Å². The molecule has 0 unspecified atom stereocenters.